The van der Waals surface area contributed by atoms with E-state index in [9.17, 15) is 5.11 Å². The molecule has 0 aromatic rings. The summed E-state index contributed by atoms with van der Waals surface area (Å²) in [5, 5.41) is 12.9. The Morgan fingerprint density at radius 1 is 1.13 bits per heavy atom. The van der Waals surface area contributed by atoms with Crippen LogP contribution in [0.15, 0.2) is 0 Å². The summed E-state index contributed by atoms with van der Waals surface area (Å²) in [5.74, 6) is 0. The van der Waals surface area contributed by atoms with Gasteiger partial charge in [-0.25, -0.2) is 0 Å². The van der Waals surface area contributed by atoms with E-state index in [0.717, 1.165) is 32.0 Å². The molecule has 0 amide bonds. The van der Waals surface area contributed by atoms with Crippen LogP contribution in [0, 0.1) is 0 Å². The van der Waals surface area contributed by atoms with E-state index in [0.29, 0.717) is 0 Å². The molecule has 3 nitrogen and oxygen atoms in total. The lowest BCUT2D eigenvalue weighted by Gasteiger charge is -2.31. The maximum atomic E-state index is 9.35. The fourth-order valence-electron chi connectivity index (χ4n) is 2.33. The van der Waals surface area contributed by atoms with Gasteiger partial charge in [0.05, 0.1) is 6.10 Å². The molecule has 5 heteroatoms. The Hall–Kier alpha value is 0.460. The van der Waals surface area contributed by atoms with Crippen LogP contribution in [-0.4, -0.2) is 48.3 Å². The van der Waals surface area contributed by atoms with Crippen molar-refractivity contribution < 1.29 is 5.11 Å². The largest absolute Gasteiger partial charge is 0.393 e. The summed E-state index contributed by atoms with van der Waals surface area (Å²) in [6.07, 6.45) is 4.56. The van der Waals surface area contributed by atoms with Gasteiger partial charge in [-0.05, 0) is 32.2 Å². The maximum absolute atomic E-state index is 9.35. The summed E-state index contributed by atoms with van der Waals surface area (Å²) in [5.41, 5.74) is 0. The Morgan fingerprint density at radius 2 is 1.80 bits per heavy atom. The number of nitrogens with one attached hydrogen (secondary N) is 1. The number of piperidine rings is 1. The van der Waals surface area contributed by atoms with Crippen LogP contribution in [0.4, 0.5) is 0 Å². The van der Waals surface area contributed by atoms with Gasteiger partial charge in [0, 0.05) is 25.7 Å². The van der Waals surface area contributed by atoms with Crippen molar-refractivity contribution in [1.82, 2.24) is 10.2 Å². The smallest absolute Gasteiger partial charge is 0.0564 e. The summed E-state index contributed by atoms with van der Waals surface area (Å²) in [4.78, 5) is 2.48. The molecule has 0 spiro atoms. The van der Waals surface area contributed by atoms with E-state index in [4.69, 9.17) is 0 Å². The Labute approximate surface area is 104 Å². The molecule has 92 valence electrons. The van der Waals surface area contributed by atoms with Gasteiger partial charge < -0.3 is 15.3 Å². The summed E-state index contributed by atoms with van der Waals surface area (Å²) < 4.78 is 0. The lowest BCUT2D eigenvalue weighted by atomic mass is 10.1. The molecule has 1 atom stereocenters. The molecule has 1 unspecified atom stereocenters. The minimum atomic E-state index is -0.0345. The maximum Gasteiger partial charge on any atom is 0.0564 e. The zero-order valence-corrected chi connectivity index (χ0v) is 10.7. The van der Waals surface area contributed by atoms with Crippen molar-refractivity contribution in [3.8, 4) is 0 Å². The Bertz CT molecular complexity index is 158. The SMILES string of the molecule is Cl.Cl.OC1CCN(CC2CCCN2)CC1. The molecule has 2 fully saturated rings. The number of aliphatic hydroxyl groups is 1. The average Bonchev–Trinajstić information content (AvgIpc) is 2.62. The van der Waals surface area contributed by atoms with Crippen molar-refractivity contribution in [3.05, 3.63) is 0 Å². The van der Waals surface area contributed by atoms with Crippen molar-refractivity contribution in [1.29, 1.82) is 0 Å². The van der Waals surface area contributed by atoms with E-state index in [2.05, 4.69) is 10.2 Å². The molecule has 0 bridgehead atoms. The summed E-state index contributed by atoms with van der Waals surface area (Å²) in [6.45, 7) is 4.55. The van der Waals surface area contributed by atoms with Crippen LogP contribution >= 0.6 is 24.8 Å². The van der Waals surface area contributed by atoms with Gasteiger partial charge in [-0.15, -0.1) is 24.8 Å². The van der Waals surface area contributed by atoms with Crippen molar-refractivity contribution in [2.45, 2.75) is 37.8 Å². The quantitative estimate of drug-likeness (QED) is 0.776. The monoisotopic (exact) mass is 256 g/mol. The Kier molecular flexibility index (Phi) is 7.92. The minimum absolute atomic E-state index is 0. The lowest BCUT2D eigenvalue weighted by molar-refractivity contribution is 0.0788. The lowest BCUT2D eigenvalue weighted by Crippen LogP contribution is -2.42. The molecule has 2 aliphatic rings. The van der Waals surface area contributed by atoms with Crippen LogP contribution in [-0.2, 0) is 0 Å². The minimum Gasteiger partial charge on any atom is -0.393 e. The summed E-state index contributed by atoms with van der Waals surface area (Å²) >= 11 is 0. The molecule has 2 aliphatic heterocycles. The van der Waals surface area contributed by atoms with E-state index in [1.165, 1.54) is 25.9 Å². The molecule has 0 aromatic carbocycles. The summed E-state index contributed by atoms with van der Waals surface area (Å²) in [7, 11) is 0. The number of hydrogen-bond acceptors (Lipinski definition) is 3. The molecule has 2 N–H and O–H groups in total. The predicted molar refractivity (Wildman–Crippen MR) is 67.2 cm³/mol. The second kappa shape index (κ2) is 7.69. The van der Waals surface area contributed by atoms with Crippen molar-refractivity contribution in [3.63, 3.8) is 0 Å². The highest BCUT2D eigenvalue weighted by molar-refractivity contribution is 5.85. The Balaban J connectivity index is 0.000000980. The number of halogens is 2. The molecular weight excluding hydrogens is 235 g/mol. The average molecular weight is 257 g/mol. The van der Waals surface area contributed by atoms with Gasteiger partial charge in [0.25, 0.3) is 0 Å². The summed E-state index contributed by atoms with van der Waals surface area (Å²) in [6, 6.07) is 0.718. The molecule has 0 aliphatic carbocycles. The molecule has 2 heterocycles. The van der Waals surface area contributed by atoms with Crippen molar-refractivity contribution in [2.75, 3.05) is 26.2 Å². The van der Waals surface area contributed by atoms with Crippen LogP contribution < -0.4 is 5.32 Å². The predicted octanol–water partition coefficient (Wildman–Crippen LogP) is 1.04. The van der Waals surface area contributed by atoms with E-state index in [1.807, 2.05) is 0 Å². The Morgan fingerprint density at radius 3 is 2.33 bits per heavy atom. The van der Waals surface area contributed by atoms with Gasteiger partial charge in [0.2, 0.25) is 0 Å². The second-order valence-electron chi connectivity index (χ2n) is 4.33. The number of aliphatic hydroxyl groups excluding tert-OH is 1. The third-order valence-corrected chi connectivity index (χ3v) is 3.20. The first kappa shape index (κ1) is 15.5. The van der Waals surface area contributed by atoms with Crippen LogP contribution in [0.3, 0.4) is 0 Å². The van der Waals surface area contributed by atoms with Crippen LogP contribution in [0.2, 0.25) is 0 Å². The van der Waals surface area contributed by atoms with Gasteiger partial charge in [-0.1, -0.05) is 0 Å². The molecule has 15 heavy (non-hydrogen) atoms. The van der Waals surface area contributed by atoms with Gasteiger partial charge in [0.1, 0.15) is 0 Å². The van der Waals surface area contributed by atoms with E-state index < -0.39 is 0 Å². The standard InChI is InChI=1S/C10H20N2O.2ClH/c13-10-3-6-12(7-4-10)8-9-2-1-5-11-9;;/h9-11,13H,1-8H2;2*1H. The highest BCUT2D eigenvalue weighted by atomic mass is 35.5. The molecular formula is C10H22Cl2N2O. The van der Waals surface area contributed by atoms with Gasteiger partial charge in [-0.2, -0.15) is 0 Å². The highest BCUT2D eigenvalue weighted by Gasteiger charge is 2.21. The third kappa shape index (κ3) is 4.87. The van der Waals surface area contributed by atoms with Crippen LogP contribution in [0.5, 0.6) is 0 Å². The van der Waals surface area contributed by atoms with Gasteiger partial charge in [0.15, 0.2) is 0 Å². The van der Waals surface area contributed by atoms with Crippen molar-refractivity contribution in [2.24, 2.45) is 0 Å². The fourth-order valence-corrected chi connectivity index (χ4v) is 2.33. The number of hydrogen-bond donors (Lipinski definition) is 2. The van der Waals surface area contributed by atoms with Crippen LogP contribution in [0.25, 0.3) is 0 Å². The van der Waals surface area contributed by atoms with Crippen LogP contribution in [0.1, 0.15) is 25.7 Å². The number of nitrogens with zero attached hydrogens (tertiary/aromatic N) is 1. The molecule has 0 aromatic heterocycles. The zero-order valence-electron chi connectivity index (χ0n) is 9.02. The third-order valence-electron chi connectivity index (χ3n) is 3.20. The second-order valence-corrected chi connectivity index (χ2v) is 4.33. The molecule has 0 radical (unpaired) electrons. The molecule has 0 saturated carbocycles. The number of rotatable bonds is 2. The van der Waals surface area contributed by atoms with Crippen molar-refractivity contribution >= 4 is 24.8 Å². The van der Waals surface area contributed by atoms with Gasteiger partial charge in [-0.3, -0.25) is 0 Å². The fraction of sp³-hybridized carbons (Fsp3) is 1.00. The zero-order chi connectivity index (χ0) is 9.10. The normalized spacial score (nSPS) is 28.2. The van der Waals surface area contributed by atoms with E-state index in [1.54, 1.807) is 0 Å². The highest BCUT2D eigenvalue weighted by Crippen LogP contribution is 2.13. The first-order valence-electron chi connectivity index (χ1n) is 5.48. The van der Waals surface area contributed by atoms with E-state index in [-0.39, 0.29) is 30.9 Å². The molecule has 2 rings (SSSR count). The molecule has 2 saturated heterocycles. The van der Waals surface area contributed by atoms with Gasteiger partial charge >= 0.3 is 0 Å². The topological polar surface area (TPSA) is 35.5 Å². The van der Waals surface area contributed by atoms with E-state index >= 15 is 0 Å². The first-order chi connectivity index (χ1) is 6.34. The first-order valence-corrected chi connectivity index (χ1v) is 5.48. The number of likely N-dealkylation sites (tertiary alicyclic amines) is 1.